The molecular weight excluding hydrogens is 376 g/mol. The summed E-state index contributed by atoms with van der Waals surface area (Å²) in [5, 5.41) is 3.13. The Morgan fingerprint density at radius 1 is 1.12 bits per heavy atom. The predicted octanol–water partition coefficient (Wildman–Crippen LogP) is 3.11. The lowest BCUT2D eigenvalue weighted by molar-refractivity contribution is -0.116. The molecule has 0 bridgehead atoms. The third-order valence-electron chi connectivity index (χ3n) is 3.81. The van der Waals surface area contributed by atoms with Gasteiger partial charge >= 0.3 is 0 Å². The van der Waals surface area contributed by atoms with Crippen LogP contribution in [-0.2, 0) is 14.8 Å². The number of nitrogens with zero attached hydrogens (tertiary/aromatic N) is 1. The van der Waals surface area contributed by atoms with Crippen molar-refractivity contribution < 1.29 is 18.0 Å². The molecule has 0 saturated heterocycles. The summed E-state index contributed by atoms with van der Waals surface area (Å²) in [5.41, 5.74) is 1.76. The third-order valence-corrected chi connectivity index (χ3v) is 5.86. The molecule has 0 heterocycles. The van der Waals surface area contributed by atoms with Crippen LogP contribution >= 0.6 is 11.6 Å². The van der Waals surface area contributed by atoms with Crippen molar-refractivity contribution in [2.45, 2.75) is 18.7 Å². The number of hydrogen-bond donors (Lipinski definition) is 1. The molecule has 2 aromatic rings. The van der Waals surface area contributed by atoms with E-state index in [2.05, 4.69) is 5.32 Å². The molecular formula is C18H19ClN2O4S. The van der Waals surface area contributed by atoms with Gasteiger partial charge < -0.3 is 5.32 Å². The lowest BCUT2D eigenvalue weighted by atomic mass is 10.2. The number of likely N-dealkylation sites (N-methyl/N-ethyl adjacent to an activating group) is 1. The molecule has 8 heteroatoms. The highest BCUT2D eigenvalue weighted by Gasteiger charge is 2.23. The highest BCUT2D eigenvalue weighted by atomic mass is 35.5. The number of amides is 1. The molecule has 0 fully saturated rings. The lowest BCUT2D eigenvalue weighted by Crippen LogP contribution is -2.35. The number of carbonyl (C=O) groups excluding carboxylic acids is 2. The third kappa shape index (κ3) is 4.69. The van der Waals surface area contributed by atoms with Crippen molar-refractivity contribution in [1.29, 1.82) is 0 Å². The SMILES string of the molecule is CC(=O)c1ccc(S(=O)(=O)N(C)CC(=O)Nc2cc(Cl)ccc2C)cc1. The molecule has 0 aliphatic heterocycles. The van der Waals surface area contributed by atoms with E-state index in [0.717, 1.165) is 9.87 Å². The van der Waals surface area contributed by atoms with Gasteiger partial charge in [-0.3, -0.25) is 9.59 Å². The van der Waals surface area contributed by atoms with Crippen molar-refractivity contribution >= 4 is 39.0 Å². The molecule has 6 nitrogen and oxygen atoms in total. The first kappa shape index (κ1) is 20.1. The summed E-state index contributed by atoms with van der Waals surface area (Å²) in [5.74, 6) is -0.639. The van der Waals surface area contributed by atoms with Crippen LogP contribution in [0.5, 0.6) is 0 Å². The van der Waals surface area contributed by atoms with Gasteiger partial charge in [-0.05, 0) is 43.7 Å². The fourth-order valence-corrected chi connectivity index (χ4v) is 3.55. The van der Waals surface area contributed by atoms with E-state index in [-0.39, 0.29) is 17.2 Å². The van der Waals surface area contributed by atoms with E-state index in [1.807, 2.05) is 6.92 Å². The first-order valence-electron chi connectivity index (χ1n) is 7.74. The topological polar surface area (TPSA) is 83.6 Å². The quantitative estimate of drug-likeness (QED) is 0.763. The summed E-state index contributed by atoms with van der Waals surface area (Å²) in [6.45, 7) is 2.85. The molecule has 0 aliphatic rings. The Morgan fingerprint density at radius 2 is 1.73 bits per heavy atom. The standard InChI is InChI=1S/C18H19ClN2O4S/c1-12-4-7-15(19)10-17(12)20-18(23)11-21(3)26(24,25)16-8-5-14(6-9-16)13(2)22/h4-10H,11H2,1-3H3,(H,20,23). The Bertz CT molecular complexity index is 940. The van der Waals surface area contributed by atoms with Crippen molar-refractivity contribution in [1.82, 2.24) is 4.31 Å². The van der Waals surface area contributed by atoms with E-state index in [0.29, 0.717) is 16.3 Å². The Kier molecular flexibility index (Phi) is 6.17. The maximum atomic E-state index is 12.6. The summed E-state index contributed by atoms with van der Waals surface area (Å²) >= 11 is 5.91. The minimum Gasteiger partial charge on any atom is -0.325 e. The largest absolute Gasteiger partial charge is 0.325 e. The van der Waals surface area contributed by atoms with Crippen LogP contribution in [0.2, 0.25) is 5.02 Å². The molecule has 0 aliphatic carbocycles. The van der Waals surface area contributed by atoms with Gasteiger partial charge in [0, 0.05) is 23.3 Å². The molecule has 0 radical (unpaired) electrons. The zero-order chi connectivity index (χ0) is 19.5. The summed E-state index contributed by atoms with van der Waals surface area (Å²) in [6.07, 6.45) is 0. The van der Waals surface area contributed by atoms with Crippen molar-refractivity contribution in [2.24, 2.45) is 0 Å². The van der Waals surface area contributed by atoms with Crippen molar-refractivity contribution in [3.05, 3.63) is 58.6 Å². The zero-order valence-corrected chi connectivity index (χ0v) is 16.2. The number of benzene rings is 2. The molecule has 2 aromatic carbocycles. The Balaban J connectivity index is 2.12. The Labute approximate surface area is 157 Å². The predicted molar refractivity (Wildman–Crippen MR) is 101 cm³/mol. The molecule has 2 rings (SSSR count). The molecule has 26 heavy (non-hydrogen) atoms. The van der Waals surface area contributed by atoms with Crippen LogP contribution in [0, 0.1) is 6.92 Å². The normalized spacial score (nSPS) is 11.4. The summed E-state index contributed by atoms with van der Waals surface area (Å²) in [4.78, 5) is 23.5. The van der Waals surface area contributed by atoms with Crippen LogP contribution in [0.15, 0.2) is 47.4 Å². The fraction of sp³-hybridized carbons (Fsp3) is 0.222. The molecule has 0 spiro atoms. The van der Waals surface area contributed by atoms with Gasteiger partial charge in [0.15, 0.2) is 5.78 Å². The Hall–Kier alpha value is -2.22. The van der Waals surface area contributed by atoms with E-state index in [1.54, 1.807) is 18.2 Å². The molecule has 0 saturated carbocycles. The number of Topliss-reactive ketones (excluding diaryl/α,β-unsaturated/α-hetero) is 1. The van der Waals surface area contributed by atoms with Gasteiger partial charge in [0.25, 0.3) is 0 Å². The summed E-state index contributed by atoms with van der Waals surface area (Å²) in [7, 11) is -2.53. The molecule has 0 unspecified atom stereocenters. The number of aryl methyl sites for hydroxylation is 1. The minimum atomic E-state index is -3.85. The number of ketones is 1. The van der Waals surface area contributed by atoms with Gasteiger partial charge in [0.1, 0.15) is 0 Å². The van der Waals surface area contributed by atoms with Gasteiger partial charge in [-0.1, -0.05) is 29.8 Å². The first-order valence-corrected chi connectivity index (χ1v) is 9.56. The number of anilines is 1. The van der Waals surface area contributed by atoms with E-state index in [4.69, 9.17) is 11.6 Å². The van der Waals surface area contributed by atoms with Gasteiger partial charge in [-0.25, -0.2) is 8.42 Å². The van der Waals surface area contributed by atoms with Crippen molar-refractivity contribution in [3.8, 4) is 0 Å². The van der Waals surface area contributed by atoms with Gasteiger partial charge in [0.2, 0.25) is 15.9 Å². The second-order valence-corrected chi connectivity index (χ2v) is 8.33. The molecule has 138 valence electrons. The monoisotopic (exact) mass is 394 g/mol. The van der Waals surface area contributed by atoms with E-state index in [1.165, 1.54) is 38.2 Å². The van der Waals surface area contributed by atoms with E-state index < -0.39 is 15.9 Å². The number of sulfonamides is 1. The van der Waals surface area contributed by atoms with E-state index in [9.17, 15) is 18.0 Å². The lowest BCUT2D eigenvalue weighted by Gasteiger charge is -2.17. The first-order chi connectivity index (χ1) is 12.1. The summed E-state index contributed by atoms with van der Waals surface area (Å²) in [6, 6.07) is 10.6. The number of carbonyl (C=O) groups is 2. The van der Waals surface area contributed by atoms with Crippen LogP contribution in [0.3, 0.4) is 0 Å². The highest BCUT2D eigenvalue weighted by Crippen LogP contribution is 2.20. The smallest absolute Gasteiger partial charge is 0.243 e. The fourth-order valence-electron chi connectivity index (χ4n) is 2.25. The maximum Gasteiger partial charge on any atom is 0.243 e. The average molecular weight is 395 g/mol. The number of hydrogen-bond acceptors (Lipinski definition) is 4. The van der Waals surface area contributed by atoms with Crippen LogP contribution in [0.1, 0.15) is 22.8 Å². The second kappa shape index (κ2) is 7.99. The number of nitrogens with one attached hydrogen (secondary N) is 1. The van der Waals surface area contributed by atoms with Gasteiger partial charge in [0.05, 0.1) is 11.4 Å². The zero-order valence-electron chi connectivity index (χ0n) is 14.6. The number of rotatable bonds is 6. The van der Waals surface area contributed by atoms with Crippen LogP contribution in [-0.4, -0.2) is 38.0 Å². The molecule has 1 N–H and O–H groups in total. The highest BCUT2D eigenvalue weighted by molar-refractivity contribution is 7.89. The minimum absolute atomic E-state index is 0.0109. The van der Waals surface area contributed by atoms with Crippen LogP contribution < -0.4 is 5.32 Å². The average Bonchev–Trinajstić information content (AvgIpc) is 2.58. The maximum absolute atomic E-state index is 12.6. The molecule has 1 amide bonds. The van der Waals surface area contributed by atoms with E-state index >= 15 is 0 Å². The van der Waals surface area contributed by atoms with Gasteiger partial charge in [-0.15, -0.1) is 0 Å². The summed E-state index contributed by atoms with van der Waals surface area (Å²) < 4.78 is 26.1. The Morgan fingerprint density at radius 3 is 2.31 bits per heavy atom. The van der Waals surface area contributed by atoms with Crippen molar-refractivity contribution in [3.63, 3.8) is 0 Å². The molecule has 0 aromatic heterocycles. The number of halogens is 1. The van der Waals surface area contributed by atoms with Crippen LogP contribution in [0.25, 0.3) is 0 Å². The van der Waals surface area contributed by atoms with Gasteiger partial charge in [-0.2, -0.15) is 4.31 Å². The second-order valence-electron chi connectivity index (χ2n) is 5.85. The van der Waals surface area contributed by atoms with Crippen LogP contribution in [0.4, 0.5) is 5.69 Å². The molecule has 0 atom stereocenters. The van der Waals surface area contributed by atoms with Crippen molar-refractivity contribution in [2.75, 3.05) is 18.9 Å².